The van der Waals surface area contributed by atoms with Crippen molar-refractivity contribution in [3.8, 4) is 0 Å². The zero-order valence-corrected chi connectivity index (χ0v) is 10.7. The van der Waals surface area contributed by atoms with E-state index in [0.717, 1.165) is 11.3 Å². The molecule has 0 saturated carbocycles. The van der Waals surface area contributed by atoms with Gasteiger partial charge in [0.05, 0.1) is 5.75 Å². The van der Waals surface area contributed by atoms with Gasteiger partial charge in [-0.3, -0.25) is 9.78 Å². The molecule has 0 aliphatic rings. The zero-order chi connectivity index (χ0) is 12.5. The molecule has 1 rings (SSSR count). The molecule has 0 aliphatic heterocycles. The average molecular weight is 254 g/mol. The normalized spacial score (nSPS) is 12.1. The monoisotopic (exact) mass is 254 g/mol. The molecule has 2 N–H and O–H groups in total. The number of hydrogen-bond acceptors (Lipinski definition) is 4. The maximum Gasteiger partial charge on any atom is 0.230 e. The Morgan fingerprint density at radius 1 is 1.65 bits per heavy atom. The number of hydrogen-bond donors (Lipinski definition) is 2. The first-order valence-corrected chi connectivity index (χ1v) is 6.74. The van der Waals surface area contributed by atoms with Crippen LogP contribution in [0.4, 0.5) is 0 Å². The molecule has 4 nitrogen and oxygen atoms in total. The van der Waals surface area contributed by atoms with E-state index >= 15 is 0 Å². The fourth-order valence-electron chi connectivity index (χ4n) is 1.33. The van der Waals surface area contributed by atoms with Crippen LogP contribution in [-0.4, -0.2) is 34.4 Å². The van der Waals surface area contributed by atoms with Gasteiger partial charge in [0, 0.05) is 30.8 Å². The van der Waals surface area contributed by atoms with Gasteiger partial charge < -0.3 is 10.4 Å². The molecule has 0 aliphatic carbocycles. The van der Waals surface area contributed by atoms with Gasteiger partial charge in [0.2, 0.25) is 5.91 Å². The van der Waals surface area contributed by atoms with Crippen molar-refractivity contribution >= 4 is 17.7 Å². The highest BCUT2D eigenvalue weighted by molar-refractivity contribution is 7.99. The van der Waals surface area contributed by atoms with E-state index in [-0.39, 0.29) is 18.6 Å². The molecule has 1 aromatic rings. The lowest BCUT2D eigenvalue weighted by molar-refractivity contribution is -0.119. The molecule has 1 atom stereocenters. The first-order valence-electron chi connectivity index (χ1n) is 5.59. The van der Waals surface area contributed by atoms with Crippen LogP contribution in [0.25, 0.3) is 0 Å². The number of thioether (sulfide) groups is 1. The molecule has 0 saturated heterocycles. The number of rotatable bonds is 7. The summed E-state index contributed by atoms with van der Waals surface area (Å²) in [5, 5.41) is 11.5. The van der Waals surface area contributed by atoms with Gasteiger partial charge in [0.15, 0.2) is 0 Å². The highest BCUT2D eigenvalue weighted by atomic mass is 32.2. The molecule has 0 bridgehead atoms. The van der Waals surface area contributed by atoms with Crippen molar-refractivity contribution in [2.45, 2.75) is 25.1 Å². The molecular formula is C12H18N2O2S. The summed E-state index contributed by atoms with van der Waals surface area (Å²) in [4.78, 5) is 15.5. The van der Waals surface area contributed by atoms with Gasteiger partial charge in [-0.25, -0.2) is 0 Å². The Labute approximate surface area is 106 Å². The average Bonchev–Trinajstić information content (AvgIpc) is 2.30. The summed E-state index contributed by atoms with van der Waals surface area (Å²) in [6, 6.07) is 3.91. The van der Waals surface area contributed by atoms with Gasteiger partial charge in [-0.2, -0.15) is 0 Å². The highest BCUT2D eigenvalue weighted by Crippen LogP contribution is 2.10. The minimum atomic E-state index is 0.0137. The maximum atomic E-state index is 11.5. The largest absolute Gasteiger partial charge is 0.396 e. The van der Waals surface area contributed by atoms with E-state index in [0.29, 0.717) is 12.2 Å². The van der Waals surface area contributed by atoms with Crippen LogP contribution >= 0.6 is 11.8 Å². The summed E-state index contributed by atoms with van der Waals surface area (Å²) < 4.78 is 0. The third-order valence-electron chi connectivity index (χ3n) is 2.19. The van der Waals surface area contributed by atoms with Crippen LogP contribution in [0.2, 0.25) is 0 Å². The molecule has 94 valence electrons. The van der Waals surface area contributed by atoms with Crippen LogP contribution in [0.15, 0.2) is 24.5 Å². The van der Waals surface area contributed by atoms with Crippen LogP contribution in [0, 0.1) is 0 Å². The Bertz CT molecular complexity index is 333. The van der Waals surface area contributed by atoms with Gasteiger partial charge in [-0.15, -0.1) is 11.8 Å². The summed E-state index contributed by atoms with van der Waals surface area (Å²) >= 11 is 1.56. The van der Waals surface area contributed by atoms with Crippen LogP contribution in [0.3, 0.4) is 0 Å². The molecule has 0 aromatic carbocycles. The van der Waals surface area contributed by atoms with Crippen molar-refractivity contribution in [2.75, 3.05) is 12.4 Å². The van der Waals surface area contributed by atoms with Gasteiger partial charge in [0.1, 0.15) is 0 Å². The van der Waals surface area contributed by atoms with Crippen LogP contribution in [0.5, 0.6) is 0 Å². The second kappa shape index (κ2) is 8.08. The second-order valence-corrected chi connectivity index (χ2v) is 4.82. The third kappa shape index (κ3) is 6.28. The summed E-state index contributed by atoms with van der Waals surface area (Å²) in [6.45, 7) is 1.99. The summed E-state index contributed by atoms with van der Waals surface area (Å²) in [5.41, 5.74) is 1.12. The van der Waals surface area contributed by atoms with Crippen molar-refractivity contribution in [1.29, 1.82) is 0 Å². The number of nitrogens with zero attached hydrogens (tertiary/aromatic N) is 1. The molecule has 1 heterocycles. The highest BCUT2D eigenvalue weighted by Gasteiger charge is 2.06. The van der Waals surface area contributed by atoms with E-state index in [1.807, 2.05) is 19.1 Å². The maximum absolute atomic E-state index is 11.5. The lowest BCUT2D eigenvalue weighted by atomic mass is 10.2. The number of pyridine rings is 1. The van der Waals surface area contributed by atoms with Crippen molar-refractivity contribution in [1.82, 2.24) is 10.3 Å². The Hall–Kier alpha value is -1.07. The minimum Gasteiger partial charge on any atom is -0.396 e. The number of carbonyl (C=O) groups is 1. The number of carbonyl (C=O) groups excluding carboxylic acids is 1. The van der Waals surface area contributed by atoms with E-state index in [4.69, 9.17) is 5.11 Å². The van der Waals surface area contributed by atoms with Crippen LogP contribution in [0.1, 0.15) is 18.9 Å². The van der Waals surface area contributed by atoms with E-state index < -0.39 is 0 Å². The van der Waals surface area contributed by atoms with Gasteiger partial charge in [-0.05, 0) is 25.0 Å². The third-order valence-corrected chi connectivity index (χ3v) is 3.20. The molecular weight excluding hydrogens is 236 g/mol. The zero-order valence-electron chi connectivity index (χ0n) is 9.93. The number of aliphatic hydroxyl groups excluding tert-OH is 1. The van der Waals surface area contributed by atoms with Crippen LogP contribution in [-0.2, 0) is 10.5 Å². The topological polar surface area (TPSA) is 62.2 Å². The standard InChI is InChI=1S/C12H18N2O2S/c1-10(4-6-15)14-12(16)9-17-8-11-3-2-5-13-7-11/h2-3,5,7,10,15H,4,6,8-9H2,1H3,(H,14,16). The van der Waals surface area contributed by atoms with Gasteiger partial charge in [0.25, 0.3) is 0 Å². The Balaban J connectivity index is 2.16. The number of nitrogens with one attached hydrogen (secondary N) is 1. The van der Waals surface area contributed by atoms with E-state index in [1.165, 1.54) is 0 Å². The summed E-state index contributed by atoms with van der Waals surface area (Å²) in [6.07, 6.45) is 4.13. The van der Waals surface area contributed by atoms with Crippen LogP contribution < -0.4 is 5.32 Å². The molecule has 0 fully saturated rings. The number of amides is 1. The quantitative estimate of drug-likeness (QED) is 0.767. The fraction of sp³-hybridized carbons (Fsp3) is 0.500. The smallest absolute Gasteiger partial charge is 0.230 e. The molecule has 17 heavy (non-hydrogen) atoms. The summed E-state index contributed by atoms with van der Waals surface area (Å²) in [7, 11) is 0. The molecule has 1 aromatic heterocycles. The molecule has 1 amide bonds. The van der Waals surface area contributed by atoms with Crippen molar-refractivity contribution in [2.24, 2.45) is 0 Å². The minimum absolute atomic E-state index is 0.0137. The lowest BCUT2D eigenvalue weighted by Gasteiger charge is -2.11. The SMILES string of the molecule is CC(CCO)NC(=O)CSCc1cccnc1. The molecule has 0 radical (unpaired) electrons. The van der Waals surface area contributed by atoms with E-state index in [1.54, 1.807) is 24.2 Å². The van der Waals surface area contributed by atoms with Gasteiger partial charge in [-0.1, -0.05) is 6.07 Å². The second-order valence-electron chi connectivity index (χ2n) is 3.83. The summed E-state index contributed by atoms with van der Waals surface area (Å²) in [5.74, 6) is 1.24. The first kappa shape index (κ1) is 14.0. The van der Waals surface area contributed by atoms with Crippen molar-refractivity contribution in [3.63, 3.8) is 0 Å². The number of aliphatic hydroxyl groups is 1. The predicted molar refractivity (Wildman–Crippen MR) is 69.7 cm³/mol. The molecule has 5 heteroatoms. The van der Waals surface area contributed by atoms with Crippen molar-refractivity contribution < 1.29 is 9.90 Å². The van der Waals surface area contributed by atoms with Crippen molar-refractivity contribution in [3.05, 3.63) is 30.1 Å². The van der Waals surface area contributed by atoms with Gasteiger partial charge >= 0.3 is 0 Å². The number of aromatic nitrogens is 1. The fourth-order valence-corrected chi connectivity index (χ4v) is 2.10. The lowest BCUT2D eigenvalue weighted by Crippen LogP contribution is -2.34. The Morgan fingerprint density at radius 3 is 3.12 bits per heavy atom. The first-order chi connectivity index (χ1) is 8.22. The molecule has 0 spiro atoms. The Morgan fingerprint density at radius 2 is 2.47 bits per heavy atom. The van der Waals surface area contributed by atoms with E-state index in [2.05, 4.69) is 10.3 Å². The van der Waals surface area contributed by atoms with E-state index in [9.17, 15) is 4.79 Å². The Kier molecular flexibility index (Phi) is 6.65. The predicted octanol–water partition coefficient (Wildman–Crippen LogP) is 1.20. The molecule has 1 unspecified atom stereocenters.